The number of anilines is 2. The summed E-state index contributed by atoms with van der Waals surface area (Å²) in [6.45, 7) is 0. The van der Waals surface area contributed by atoms with Gasteiger partial charge in [0.25, 0.3) is 0 Å². The average molecular weight is 344 g/mol. The van der Waals surface area contributed by atoms with Crippen molar-refractivity contribution >= 4 is 44.8 Å². The van der Waals surface area contributed by atoms with Crippen LogP contribution in [0, 0.1) is 0 Å². The Morgan fingerprint density at radius 1 is 1.24 bits per heavy atom. The number of nitrogens with zero attached hydrogens (tertiary/aromatic N) is 1. The summed E-state index contributed by atoms with van der Waals surface area (Å²) in [4.78, 5) is 4.79. The van der Waals surface area contributed by atoms with Crippen molar-refractivity contribution in [2.45, 2.75) is 4.90 Å². The molecule has 0 amide bonds. The van der Waals surface area contributed by atoms with E-state index in [2.05, 4.69) is 9.71 Å². The van der Waals surface area contributed by atoms with Crippen molar-refractivity contribution in [3.8, 4) is 0 Å². The zero-order valence-electron chi connectivity index (χ0n) is 11.0. The van der Waals surface area contributed by atoms with Crippen molar-refractivity contribution in [1.82, 2.24) is 4.98 Å². The van der Waals surface area contributed by atoms with Gasteiger partial charge in [-0.3, -0.25) is 4.72 Å². The molecular formula is C13H14ClN3O2S2. The van der Waals surface area contributed by atoms with Crippen LogP contribution in [0.15, 0.2) is 47.5 Å². The van der Waals surface area contributed by atoms with Gasteiger partial charge in [-0.15, -0.1) is 11.8 Å². The van der Waals surface area contributed by atoms with Gasteiger partial charge in [-0.1, -0.05) is 11.6 Å². The van der Waals surface area contributed by atoms with Crippen LogP contribution in [0.1, 0.15) is 0 Å². The molecule has 0 radical (unpaired) electrons. The smallest absolute Gasteiger partial charge is 0.233 e. The van der Waals surface area contributed by atoms with E-state index in [1.807, 2.05) is 12.1 Å². The number of sulfonamides is 1. The summed E-state index contributed by atoms with van der Waals surface area (Å²) in [5.41, 5.74) is 6.56. The van der Waals surface area contributed by atoms with E-state index in [0.717, 1.165) is 4.90 Å². The Morgan fingerprint density at radius 2 is 1.95 bits per heavy atom. The van der Waals surface area contributed by atoms with E-state index in [1.54, 1.807) is 24.3 Å². The Balaban J connectivity index is 1.90. The van der Waals surface area contributed by atoms with Crippen molar-refractivity contribution in [2.75, 3.05) is 22.0 Å². The van der Waals surface area contributed by atoms with Crippen molar-refractivity contribution in [3.63, 3.8) is 0 Å². The molecule has 2 aromatic rings. The van der Waals surface area contributed by atoms with Crippen LogP contribution < -0.4 is 10.5 Å². The number of nitrogen functional groups attached to an aromatic ring is 1. The molecular weight excluding hydrogens is 330 g/mol. The number of hydrogen-bond acceptors (Lipinski definition) is 5. The number of halogens is 1. The molecule has 5 nitrogen and oxygen atoms in total. The van der Waals surface area contributed by atoms with E-state index in [0.29, 0.717) is 11.4 Å². The van der Waals surface area contributed by atoms with E-state index in [9.17, 15) is 8.42 Å². The normalized spacial score (nSPS) is 11.3. The highest BCUT2D eigenvalue weighted by molar-refractivity contribution is 8.01. The van der Waals surface area contributed by atoms with Gasteiger partial charge in [0, 0.05) is 22.5 Å². The van der Waals surface area contributed by atoms with Gasteiger partial charge in [0.05, 0.1) is 11.4 Å². The van der Waals surface area contributed by atoms with E-state index in [-0.39, 0.29) is 16.6 Å². The third-order valence-electron chi connectivity index (χ3n) is 2.53. The van der Waals surface area contributed by atoms with Gasteiger partial charge >= 0.3 is 0 Å². The van der Waals surface area contributed by atoms with Crippen LogP contribution in [0.4, 0.5) is 11.4 Å². The minimum absolute atomic E-state index is 0.0206. The topological polar surface area (TPSA) is 85.1 Å². The molecule has 2 rings (SSSR count). The maximum atomic E-state index is 12.0. The number of nitrogens with one attached hydrogen (secondary N) is 1. The molecule has 3 N–H and O–H groups in total. The molecule has 0 aliphatic rings. The predicted octanol–water partition coefficient (Wildman–Crippen LogP) is 2.85. The molecule has 0 atom stereocenters. The fourth-order valence-corrected chi connectivity index (χ4v) is 4.11. The van der Waals surface area contributed by atoms with E-state index in [4.69, 9.17) is 17.3 Å². The molecule has 21 heavy (non-hydrogen) atoms. The monoisotopic (exact) mass is 343 g/mol. The second-order valence-electron chi connectivity index (χ2n) is 4.18. The minimum atomic E-state index is -3.46. The first-order valence-electron chi connectivity index (χ1n) is 6.06. The molecule has 0 saturated heterocycles. The molecule has 0 aliphatic heterocycles. The largest absolute Gasteiger partial charge is 0.399 e. The van der Waals surface area contributed by atoms with Gasteiger partial charge < -0.3 is 5.73 Å². The number of pyridine rings is 1. The van der Waals surface area contributed by atoms with Gasteiger partial charge in [-0.05, 0) is 36.4 Å². The lowest BCUT2D eigenvalue weighted by Crippen LogP contribution is -2.18. The fraction of sp³-hybridized carbons (Fsp3) is 0.154. The lowest BCUT2D eigenvalue weighted by Gasteiger charge is -2.08. The summed E-state index contributed by atoms with van der Waals surface area (Å²) in [6.07, 6.45) is 1.50. The number of aromatic nitrogens is 1. The molecule has 1 heterocycles. The summed E-state index contributed by atoms with van der Waals surface area (Å²) in [5, 5.41) is 0.132. The first-order chi connectivity index (χ1) is 9.96. The molecule has 0 aliphatic carbocycles. The Bertz CT molecular complexity index is 706. The lowest BCUT2D eigenvalue weighted by atomic mass is 10.3. The minimum Gasteiger partial charge on any atom is -0.399 e. The number of nitrogens with two attached hydrogens (primary N) is 1. The number of thioether (sulfide) groups is 1. The maximum Gasteiger partial charge on any atom is 0.233 e. The van der Waals surface area contributed by atoms with Crippen molar-refractivity contribution in [3.05, 3.63) is 47.7 Å². The Morgan fingerprint density at radius 3 is 2.62 bits per heavy atom. The van der Waals surface area contributed by atoms with Crippen molar-refractivity contribution in [1.29, 1.82) is 0 Å². The molecule has 1 aromatic heterocycles. The highest BCUT2D eigenvalue weighted by Crippen LogP contribution is 2.21. The number of rotatable bonds is 6. The standard InChI is InChI=1S/C13H14ClN3O2S2/c14-13-12(2-1-7-16-13)17-21(18,19)9-8-20-11-5-3-10(15)4-6-11/h1-7,17H,8-9,15H2. The summed E-state index contributed by atoms with van der Waals surface area (Å²) in [7, 11) is -3.46. The maximum absolute atomic E-state index is 12.0. The van der Waals surface area contributed by atoms with E-state index in [1.165, 1.54) is 18.0 Å². The van der Waals surface area contributed by atoms with Crippen LogP contribution in [-0.2, 0) is 10.0 Å². The molecule has 1 aromatic carbocycles. The highest BCUT2D eigenvalue weighted by Gasteiger charge is 2.12. The molecule has 0 unspecified atom stereocenters. The highest BCUT2D eigenvalue weighted by atomic mass is 35.5. The molecule has 0 saturated carbocycles. The molecule has 0 spiro atoms. The summed E-state index contributed by atoms with van der Waals surface area (Å²) < 4.78 is 26.4. The first kappa shape index (κ1) is 15.9. The zero-order valence-corrected chi connectivity index (χ0v) is 13.4. The molecule has 0 bridgehead atoms. The van der Waals surface area contributed by atoms with Gasteiger partial charge in [0.2, 0.25) is 10.0 Å². The van der Waals surface area contributed by atoms with E-state index < -0.39 is 10.0 Å². The van der Waals surface area contributed by atoms with Crippen LogP contribution >= 0.6 is 23.4 Å². The predicted molar refractivity (Wildman–Crippen MR) is 88.2 cm³/mol. The SMILES string of the molecule is Nc1ccc(SCCS(=O)(=O)Nc2cccnc2Cl)cc1. The van der Waals surface area contributed by atoms with Crippen LogP contribution in [0.3, 0.4) is 0 Å². The summed E-state index contributed by atoms with van der Waals surface area (Å²) in [6, 6.07) is 10.5. The van der Waals surface area contributed by atoms with Crippen molar-refractivity contribution < 1.29 is 8.42 Å². The summed E-state index contributed by atoms with van der Waals surface area (Å²) >= 11 is 7.27. The Labute approximate surface area is 133 Å². The Hall–Kier alpha value is -1.44. The van der Waals surface area contributed by atoms with E-state index >= 15 is 0 Å². The third kappa shape index (κ3) is 5.11. The molecule has 8 heteroatoms. The Kier molecular flexibility index (Phi) is 5.33. The van der Waals surface area contributed by atoms with Gasteiger partial charge in [-0.25, -0.2) is 13.4 Å². The van der Waals surface area contributed by atoms with Crippen molar-refractivity contribution in [2.24, 2.45) is 0 Å². The number of hydrogen-bond donors (Lipinski definition) is 2. The van der Waals surface area contributed by atoms with Gasteiger partial charge in [-0.2, -0.15) is 0 Å². The second kappa shape index (κ2) is 7.02. The quantitative estimate of drug-likeness (QED) is 0.478. The lowest BCUT2D eigenvalue weighted by molar-refractivity contribution is 0.602. The van der Waals surface area contributed by atoms with Crippen LogP contribution in [-0.4, -0.2) is 24.9 Å². The molecule has 0 fully saturated rings. The second-order valence-corrected chi connectivity index (χ2v) is 7.55. The van der Waals surface area contributed by atoms with Gasteiger partial charge in [0.1, 0.15) is 0 Å². The first-order valence-corrected chi connectivity index (χ1v) is 9.07. The zero-order chi connectivity index (χ0) is 15.3. The molecule has 112 valence electrons. The number of benzene rings is 1. The van der Waals surface area contributed by atoms with Gasteiger partial charge in [0.15, 0.2) is 5.15 Å². The van der Waals surface area contributed by atoms with Crippen LogP contribution in [0.5, 0.6) is 0 Å². The van der Waals surface area contributed by atoms with Crippen LogP contribution in [0.2, 0.25) is 5.15 Å². The third-order valence-corrected chi connectivity index (χ3v) is 5.37. The average Bonchev–Trinajstić information content (AvgIpc) is 2.43. The fourth-order valence-electron chi connectivity index (χ4n) is 1.51. The summed E-state index contributed by atoms with van der Waals surface area (Å²) in [5.74, 6) is 0.407. The van der Waals surface area contributed by atoms with Crippen LogP contribution in [0.25, 0.3) is 0 Å².